The summed E-state index contributed by atoms with van der Waals surface area (Å²) in [5.74, 6) is 0.801. The van der Waals surface area contributed by atoms with Crippen LogP contribution in [-0.4, -0.2) is 26.2 Å². The van der Waals surface area contributed by atoms with Gasteiger partial charge in [0.1, 0.15) is 12.4 Å². The van der Waals surface area contributed by atoms with Crippen molar-refractivity contribution < 1.29 is 9.53 Å². The van der Waals surface area contributed by atoms with Crippen molar-refractivity contribution in [3.63, 3.8) is 0 Å². The molecule has 0 saturated carbocycles. The standard InChI is InChI=1S/C17H19N3O2/c1-20-9-10-22-16-11-14(7-8-15(16)20)19-17(21)18-12-13-5-3-2-4-6-13/h2-8,11H,9-10,12H2,1H3,(H2,18,19,21). The number of carbonyl (C=O) groups is 1. The molecule has 22 heavy (non-hydrogen) atoms. The monoisotopic (exact) mass is 297 g/mol. The molecule has 2 aromatic rings. The summed E-state index contributed by atoms with van der Waals surface area (Å²) in [5, 5.41) is 5.66. The molecule has 0 aliphatic carbocycles. The van der Waals surface area contributed by atoms with Crippen molar-refractivity contribution in [2.45, 2.75) is 6.54 Å². The van der Waals surface area contributed by atoms with Gasteiger partial charge in [0, 0.05) is 25.3 Å². The minimum absolute atomic E-state index is 0.229. The van der Waals surface area contributed by atoms with E-state index in [1.54, 1.807) is 0 Å². The van der Waals surface area contributed by atoms with Crippen molar-refractivity contribution in [3.05, 3.63) is 54.1 Å². The van der Waals surface area contributed by atoms with Gasteiger partial charge in [-0.2, -0.15) is 0 Å². The summed E-state index contributed by atoms with van der Waals surface area (Å²) in [6, 6.07) is 15.3. The molecule has 0 unspecified atom stereocenters. The van der Waals surface area contributed by atoms with Crippen LogP contribution in [0.15, 0.2) is 48.5 Å². The Morgan fingerprint density at radius 2 is 2.05 bits per heavy atom. The highest BCUT2D eigenvalue weighted by atomic mass is 16.5. The van der Waals surface area contributed by atoms with Crippen LogP contribution in [-0.2, 0) is 6.54 Å². The number of benzene rings is 2. The van der Waals surface area contributed by atoms with E-state index in [0.29, 0.717) is 13.2 Å². The zero-order chi connectivity index (χ0) is 15.4. The number of nitrogens with zero attached hydrogens (tertiary/aromatic N) is 1. The van der Waals surface area contributed by atoms with Crippen molar-refractivity contribution in [3.8, 4) is 5.75 Å². The number of likely N-dealkylation sites (N-methyl/N-ethyl adjacent to an activating group) is 1. The molecule has 0 saturated heterocycles. The van der Waals surface area contributed by atoms with E-state index in [0.717, 1.165) is 29.2 Å². The van der Waals surface area contributed by atoms with E-state index in [9.17, 15) is 4.79 Å². The predicted molar refractivity (Wildman–Crippen MR) is 87.5 cm³/mol. The summed E-state index contributed by atoms with van der Waals surface area (Å²) >= 11 is 0. The number of carbonyl (C=O) groups excluding carboxylic acids is 1. The van der Waals surface area contributed by atoms with Crippen LogP contribution in [0.4, 0.5) is 16.2 Å². The van der Waals surface area contributed by atoms with Crippen LogP contribution in [0.1, 0.15) is 5.56 Å². The quantitative estimate of drug-likeness (QED) is 0.916. The fourth-order valence-electron chi connectivity index (χ4n) is 2.39. The molecule has 0 bridgehead atoms. The van der Waals surface area contributed by atoms with E-state index in [1.807, 2.05) is 55.6 Å². The first-order valence-corrected chi connectivity index (χ1v) is 7.29. The van der Waals surface area contributed by atoms with Crippen molar-refractivity contribution in [2.24, 2.45) is 0 Å². The van der Waals surface area contributed by atoms with E-state index in [4.69, 9.17) is 4.74 Å². The largest absolute Gasteiger partial charge is 0.489 e. The molecule has 3 rings (SSSR count). The molecule has 0 fully saturated rings. The third-order valence-corrected chi connectivity index (χ3v) is 3.61. The SMILES string of the molecule is CN1CCOc2cc(NC(=O)NCc3ccccc3)ccc21. The van der Waals surface area contributed by atoms with Gasteiger partial charge in [-0.3, -0.25) is 0 Å². The number of fused-ring (bicyclic) bond motifs is 1. The highest BCUT2D eigenvalue weighted by Gasteiger charge is 2.15. The van der Waals surface area contributed by atoms with Gasteiger partial charge in [-0.15, -0.1) is 0 Å². The van der Waals surface area contributed by atoms with Crippen LogP contribution in [0.2, 0.25) is 0 Å². The fraction of sp³-hybridized carbons (Fsp3) is 0.235. The van der Waals surface area contributed by atoms with Gasteiger partial charge in [0.25, 0.3) is 0 Å². The van der Waals surface area contributed by atoms with Crippen LogP contribution >= 0.6 is 0 Å². The Labute approximate surface area is 129 Å². The summed E-state index contributed by atoms with van der Waals surface area (Å²) in [7, 11) is 2.03. The fourth-order valence-corrected chi connectivity index (χ4v) is 2.39. The Bertz CT molecular complexity index is 658. The Hall–Kier alpha value is -2.69. The zero-order valence-electron chi connectivity index (χ0n) is 12.5. The number of hydrogen-bond acceptors (Lipinski definition) is 3. The lowest BCUT2D eigenvalue weighted by atomic mass is 10.2. The minimum atomic E-state index is -0.229. The van der Waals surface area contributed by atoms with E-state index in [1.165, 1.54) is 0 Å². The predicted octanol–water partition coefficient (Wildman–Crippen LogP) is 2.84. The number of ether oxygens (including phenoxy) is 1. The molecular formula is C17H19N3O2. The first-order valence-electron chi connectivity index (χ1n) is 7.29. The van der Waals surface area contributed by atoms with Crippen LogP contribution in [0, 0.1) is 0 Å². The third-order valence-electron chi connectivity index (χ3n) is 3.61. The average molecular weight is 297 g/mol. The summed E-state index contributed by atoms with van der Waals surface area (Å²) in [6.07, 6.45) is 0. The minimum Gasteiger partial charge on any atom is -0.489 e. The maximum absolute atomic E-state index is 11.9. The van der Waals surface area contributed by atoms with Crippen molar-refractivity contribution >= 4 is 17.4 Å². The molecule has 5 nitrogen and oxygen atoms in total. The van der Waals surface area contributed by atoms with E-state index < -0.39 is 0 Å². The summed E-state index contributed by atoms with van der Waals surface area (Å²) in [5.41, 5.74) is 2.83. The maximum atomic E-state index is 11.9. The Balaban J connectivity index is 1.60. The summed E-state index contributed by atoms with van der Waals surface area (Å²) < 4.78 is 5.63. The highest BCUT2D eigenvalue weighted by Crippen LogP contribution is 2.33. The summed E-state index contributed by atoms with van der Waals surface area (Å²) in [6.45, 7) is 2.03. The molecule has 5 heteroatoms. The van der Waals surface area contributed by atoms with Crippen LogP contribution in [0.25, 0.3) is 0 Å². The zero-order valence-corrected chi connectivity index (χ0v) is 12.5. The molecular weight excluding hydrogens is 278 g/mol. The first-order chi connectivity index (χ1) is 10.7. The molecule has 0 aromatic heterocycles. The Morgan fingerprint density at radius 1 is 1.23 bits per heavy atom. The lowest BCUT2D eigenvalue weighted by molar-refractivity contribution is 0.251. The van der Waals surface area contributed by atoms with Gasteiger partial charge in [-0.1, -0.05) is 30.3 Å². The smallest absolute Gasteiger partial charge is 0.319 e. The van der Waals surface area contributed by atoms with Gasteiger partial charge < -0.3 is 20.3 Å². The summed E-state index contributed by atoms with van der Waals surface area (Å²) in [4.78, 5) is 14.1. The van der Waals surface area contributed by atoms with E-state index in [2.05, 4.69) is 15.5 Å². The Kier molecular flexibility index (Phi) is 4.14. The molecule has 0 atom stereocenters. The first kappa shape index (κ1) is 14.3. The van der Waals surface area contributed by atoms with Crippen molar-refractivity contribution in [1.29, 1.82) is 0 Å². The van der Waals surface area contributed by atoms with Gasteiger partial charge in [0.15, 0.2) is 0 Å². The van der Waals surface area contributed by atoms with Crippen molar-refractivity contribution in [2.75, 3.05) is 30.4 Å². The molecule has 1 heterocycles. The molecule has 1 aliphatic rings. The molecule has 2 aromatic carbocycles. The van der Waals surface area contributed by atoms with Crippen LogP contribution in [0.5, 0.6) is 5.75 Å². The second kappa shape index (κ2) is 6.39. The number of amides is 2. The number of urea groups is 1. The van der Waals surface area contributed by atoms with Gasteiger partial charge in [0.2, 0.25) is 0 Å². The van der Waals surface area contributed by atoms with Crippen LogP contribution < -0.4 is 20.3 Å². The number of rotatable bonds is 3. The third kappa shape index (κ3) is 3.31. The number of anilines is 2. The van der Waals surface area contributed by atoms with Gasteiger partial charge in [0.05, 0.1) is 12.2 Å². The van der Waals surface area contributed by atoms with Gasteiger partial charge >= 0.3 is 6.03 Å². The maximum Gasteiger partial charge on any atom is 0.319 e. The second-order valence-electron chi connectivity index (χ2n) is 5.25. The van der Waals surface area contributed by atoms with Crippen LogP contribution in [0.3, 0.4) is 0 Å². The number of hydrogen-bond donors (Lipinski definition) is 2. The number of nitrogens with one attached hydrogen (secondary N) is 2. The lowest BCUT2D eigenvalue weighted by Crippen LogP contribution is -2.30. The average Bonchev–Trinajstić information content (AvgIpc) is 2.54. The molecule has 1 aliphatic heterocycles. The molecule has 0 spiro atoms. The lowest BCUT2D eigenvalue weighted by Gasteiger charge is -2.27. The molecule has 2 amide bonds. The van der Waals surface area contributed by atoms with E-state index >= 15 is 0 Å². The molecule has 2 N–H and O–H groups in total. The molecule has 0 radical (unpaired) electrons. The normalized spacial score (nSPS) is 13.0. The van der Waals surface area contributed by atoms with Crippen molar-refractivity contribution in [1.82, 2.24) is 5.32 Å². The van der Waals surface area contributed by atoms with E-state index in [-0.39, 0.29) is 6.03 Å². The highest BCUT2D eigenvalue weighted by molar-refractivity contribution is 5.90. The molecule has 114 valence electrons. The second-order valence-corrected chi connectivity index (χ2v) is 5.25. The van der Waals surface area contributed by atoms with Gasteiger partial charge in [-0.25, -0.2) is 4.79 Å². The topological polar surface area (TPSA) is 53.6 Å². The van der Waals surface area contributed by atoms with Gasteiger partial charge in [-0.05, 0) is 17.7 Å². The Morgan fingerprint density at radius 3 is 2.86 bits per heavy atom.